The second-order valence-electron chi connectivity index (χ2n) is 5.70. The lowest BCUT2D eigenvalue weighted by atomic mass is 9.87. The Labute approximate surface area is 117 Å². The third-order valence-electron chi connectivity index (χ3n) is 3.03. The third-order valence-corrected chi connectivity index (χ3v) is 3.03. The first-order valence-corrected chi connectivity index (χ1v) is 7.06. The predicted molar refractivity (Wildman–Crippen MR) is 80.0 cm³/mol. The van der Waals surface area contributed by atoms with Gasteiger partial charge < -0.3 is 14.8 Å². The minimum Gasteiger partial charge on any atom is -0.494 e. The molecule has 0 heterocycles. The Kier molecular flexibility index (Phi) is 6.16. The lowest BCUT2D eigenvalue weighted by Gasteiger charge is -2.31. The van der Waals surface area contributed by atoms with Gasteiger partial charge >= 0.3 is 0 Å². The molecular weight excluding hydrogens is 238 g/mol. The summed E-state index contributed by atoms with van der Waals surface area (Å²) in [6.45, 7) is 13.0. The van der Waals surface area contributed by atoms with Gasteiger partial charge in [0.2, 0.25) is 0 Å². The van der Waals surface area contributed by atoms with Crippen LogP contribution in [0, 0.1) is 5.41 Å². The molecule has 0 aliphatic rings. The van der Waals surface area contributed by atoms with E-state index in [9.17, 15) is 0 Å². The van der Waals surface area contributed by atoms with Gasteiger partial charge in [-0.2, -0.15) is 0 Å². The van der Waals surface area contributed by atoms with Crippen LogP contribution in [0.15, 0.2) is 24.3 Å². The van der Waals surface area contributed by atoms with Gasteiger partial charge in [0.25, 0.3) is 0 Å². The molecule has 19 heavy (non-hydrogen) atoms. The van der Waals surface area contributed by atoms with Gasteiger partial charge in [0.05, 0.1) is 6.61 Å². The van der Waals surface area contributed by atoms with E-state index in [1.165, 1.54) is 0 Å². The van der Waals surface area contributed by atoms with E-state index < -0.39 is 0 Å². The molecule has 1 unspecified atom stereocenters. The molecule has 0 aliphatic carbocycles. The van der Waals surface area contributed by atoms with E-state index in [4.69, 9.17) is 9.47 Å². The fourth-order valence-electron chi connectivity index (χ4n) is 1.86. The number of ether oxygens (including phenoxy) is 2. The van der Waals surface area contributed by atoms with E-state index in [-0.39, 0.29) is 5.41 Å². The molecule has 1 rings (SSSR count). The van der Waals surface area contributed by atoms with Crippen LogP contribution in [0.4, 0.5) is 0 Å². The van der Waals surface area contributed by atoms with Gasteiger partial charge in [-0.1, -0.05) is 33.8 Å². The van der Waals surface area contributed by atoms with Gasteiger partial charge in [0, 0.05) is 12.1 Å². The summed E-state index contributed by atoms with van der Waals surface area (Å²) in [5.41, 5.74) is 0.174. The number of hydrogen-bond donors (Lipinski definition) is 1. The maximum atomic E-state index is 5.89. The van der Waals surface area contributed by atoms with Crippen molar-refractivity contribution >= 4 is 0 Å². The molecular formula is C16H27NO2. The van der Waals surface area contributed by atoms with Crippen LogP contribution in [0.25, 0.3) is 0 Å². The monoisotopic (exact) mass is 265 g/mol. The first-order chi connectivity index (χ1) is 8.97. The number of hydrogen-bond acceptors (Lipinski definition) is 3. The van der Waals surface area contributed by atoms with Crippen LogP contribution >= 0.6 is 0 Å². The van der Waals surface area contributed by atoms with Crippen molar-refractivity contribution in [3.05, 3.63) is 24.3 Å². The van der Waals surface area contributed by atoms with E-state index in [1.807, 2.05) is 31.2 Å². The molecule has 0 aliphatic heterocycles. The Morgan fingerprint density at radius 3 is 2.26 bits per heavy atom. The average Bonchev–Trinajstić information content (AvgIpc) is 2.34. The van der Waals surface area contributed by atoms with Gasteiger partial charge in [-0.15, -0.1) is 0 Å². The minimum absolute atomic E-state index is 0.174. The topological polar surface area (TPSA) is 30.5 Å². The summed E-state index contributed by atoms with van der Waals surface area (Å²) < 4.78 is 11.4. The second kappa shape index (κ2) is 7.39. The molecule has 3 heteroatoms. The molecule has 108 valence electrons. The highest BCUT2D eigenvalue weighted by molar-refractivity contribution is 5.32. The Balaban J connectivity index is 2.61. The molecule has 1 atom stereocenters. The highest BCUT2D eigenvalue weighted by Gasteiger charge is 2.24. The SMILES string of the molecule is CCNC(COc1cccc(OCC)c1)C(C)(C)C. The van der Waals surface area contributed by atoms with Crippen molar-refractivity contribution in [3.8, 4) is 11.5 Å². The van der Waals surface area contributed by atoms with Crippen LogP contribution in [0.1, 0.15) is 34.6 Å². The minimum atomic E-state index is 0.174. The summed E-state index contributed by atoms with van der Waals surface area (Å²) >= 11 is 0. The zero-order chi connectivity index (χ0) is 14.3. The van der Waals surface area contributed by atoms with Crippen molar-refractivity contribution in [2.75, 3.05) is 19.8 Å². The predicted octanol–water partition coefficient (Wildman–Crippen LogP) is 3.49. The smallest absolute Gasteiger partial charge is 0.123 e. The summed E-state index contributed by atoms with van der Waals surface area (Å²) in [4.78, 5) is 0. The number of rotatable bonds is 7. The average molecular weight is 265 g/mol. The first-order valence-electron chi connectivity index (χ1n) is 7.06. The maximum absolute atomic E-state index is 5.89. The standard InChI is InChI=1S/C16H27NO2/c1-6-17-15(16(3,4)5)12-19-14-10-8-9-13(11-14)18-7-2/h8-11,15,17H,6-7,12H2,1-5H3. The molecule has 0 fully saturated rings. The van der Waals surface area contributed by atoms with Crippen LogP contribution in [0.5, 0.6) is 11.5 Å². The van der Waals surface area contributed by atoms with Crippen molar-refractivity contribution in [1.82, 2.24) is 5.32 Å². The molecule has 1 aromatic rings. The fourth-order valence-corrected chi connectivity index (χ4v) is 1.86. The Morgan fingerprint density at radius 2 is 1.74 bits per heavy atom. The lowest BCUT2D eigenvalue weighted by Crippen LogP contribution is -2.44. The lowest BCUT2D eigenvalue weighted by molar-refractivity contribution is 0.175. The molecule has 0 radical (unpaired) electrons. The van der Waals surface area contributed by atoms with Crippen LogP contribution in [0.2, 0.25) is 0 Å². The zero-order valence-corrected chi connectivity index (χ0v) is 12.8. The first kappa shape index (κ1) is 15.8. The summed E-state index contributed by atoms with van der Waals surface area (Å²) in [5.74, 6) is 1.72. The summed E-state index contributed by atoms with van der Waals surface area (Å²) in [7, 11) is 0. The highest BCUT2D eigenvalue weighted by atomic mass is 16.5. The van der Waals surface area contributed by atoms with Crippen molar-refractivity contribution in [2.45, 2.75) is 40.7 Å². The number of benzene rings is 1. The maximum Gasteiger partial charge on any atom is 0.123 e. The molecule has 0 spiro atoms. The molecule has 0 saturated heterocycles. The van der Waals surface area contributed by atoms with Gasteiger partial charge in [-0.3, -0.25) is 0 Å². The summed E-state index contributed by atoms with van der Waals surface area (Å²) in [5, 5.41) is 3.48. The van der Waals surface area contributed by atoms with E-state index >= 15 is 0 Å². The van der Waals surface area contributed by atoms with Crippen LogP contribution < -0.4 is 14.8 Å². The molecule has 0 amide bonds. The van der Waals surface area contributed by atoms with E-state index in [0.717, 1.165) is 18.0 Å². The largest absolute Gasteiger partial charge is 0.494 e. The number of likely N-dealkylation sites (N-methyl/N-ethyl adjacent to an activating group) is 1. The van der Waals surface area contributed by atoms with E-state index in [2.05, 4.69) is 33.0 Å². The quantitative estimate of drug-likeness (QED) is 0.818. The van der Waals surface area contributed by atoms with E-state index in [1.54, 1.807) is 0 Å². The Morgan fingerprint density at radius 1 is 1.11 bits per heavy atom. The molecule has 3 nitrogen and oxygen atoms in total. The highest BCUT2D eigenvalue weighted by Crippen LogP contribution is 2.23. The Bertz CT molecular complexity index is 371. The van der Waals surface area contributed by atoms with Gasteiger partial charge in [0.15, 0.2) is 0 Å². The van der Waals surface area contributed by atoms with Crippen LogP contribution in [0.3, 0.4) is 0 Å². The molecule has 1 N–H and O–H groups in total. The normalized spacial score (nSPS) is 13.1. The molecule has 0 bridgehead atoms. The number of nitrogens with one attached hydrogen (secondary N) is 1. The van der Waals surface area contributed by atoms with E-state index in [0.29, 0.717) is 19.3 Å². The van der Waals surface area contributed by atoms with Crippen molar-refractivity contribution in [3.63, 3.8) is 0 Å². The second-order valence-corrected chi connectivity index (χ2v) is 5.70. The Hall–Kier alpha value is -1.22. The van der Waals surface area contributed by atoms with Gasteiger partial charge in [0.1, 0.15) is 18.1 Å². The van der Waals surface area contributed by atoms with Crippen molar-refractivity contribution in [1.29, 1.82) is 0 Å². The molecule has 0 aromatic heterocycles. The summed E-state index contributed by atoms with van der Waals surface area (Å²) in [6, 6.07) is 8.14. The van der Waals surface area contributed by atoms with Gasteiger partial charge in [-0.05, 0) is 31.0 Å². The molecule has 0 saturated carbocycles. The molecule has 1 aromatic carbocycles. The third kappa shape index (κ3) is 5.52. The van der Waals surface area contributed by atoms with Crippen molar-refractivity contribution < 1.29 is 9.47 Å². The van der Waals surface area contributed by atoms with Gasteiger partial charge in [-0.25, -0.2) is 0 Å². The van der Waals surface area contributed by atoms with Crippen molar-refractivity contribution in [2.24, 2.45) is 5.41 Å². The zero-order valence-electron chi connectivity index (χ0n) is 12.8. The fraction of sp³-hybridized carbons (Fsp3) is 0.625. The van der Waals surface area contributed by atoms with Crippen LogP contribution in [-0.2, 0) is 0 Å². The van der Waals surface area contributed by atoms with Crippen LogP contribution in [-0.4, -0.2) is 25.8 Å². The summed E-state index contributed by atoms with van der Waals surface area (Å²) in [6.07, 6.45) is 0.